The van der Waals surface area contributed by atoms with Gasteiger partial charge < -0.3 is 4.90 Å². The van der Waals surface area contributed by atoms with Gasteiger partial charge >= 0.3 is 0 Å². The van der Waals surface area contributed by atoms with Gasteiger partial charge in [-0.15, -0.1) is 0 Å². The van der Waals surface area contributed by atoms with Crippen LogP contribution in [0.25, 0.3) is 0 Å². The van der Waals surface area contributed by atoms with E-state index in [1.54, 1.807) is 12.1 Å². The van der Waals surface area contributed by atoms with Gasteiger partial charge in [0.1, 0.15) is 0 Å². The van der Waals surface area contributed by atoms with Gasteiger partial charge in [-0.1, -0.05) is 20.3 Å². The molecular formula is C17H27N3O5S. The van der Waals surface area contributed by atoms with E-state index in [4.69, 9.17) is 0 Å². The number of nitrogens with zero attached hydrogens (tertiary/aromatic N) is 2. The summed E-state index contributed by atoms with van der Waals surface area (Å²) >= 11 is 0. The Balaban J connectivity index is 2.91. The van der Waals surface area contributed by atoms with Crippen molar-refractivity contribution in [3.8, 4) is 0 Å². The number of amides is 2. The van der Waals surface area contributed by atoms with Crippen molar-refractivity contribution in [3.63, 3.8) is 0 Å². The summed E-state index contributed by atoms with van der Waals surface area (Å²) in [5, 5.41) is 9.72. The molecule has 0 bridgehead atoms. The second-order valence-corrected chi connectivity index (χ2v) is 8.44. The van der Waals surface area contributed by atoms with Crippen molar-refractivity contribution in [2.45, 2.75) is 31.6 Å². The summed E-state index contributed by atoms with van der Waals surface area (Å²) in [4.78, 5) is 24.8. The minimum Gasteiger partial charge on any atom is -0.378 e. The predicted octanol–water partition coefficient (Wildman–Crippen LogP) is 1.46. The summed E-state index contributed by atoms with van der Waals surface area (Å²) in [6.45, 7) is 3.67. The average molecular weight is 385 g/mol. The standard InChI is InChI=1S/C17H27N3O5S/c1-13(2)5-6-14(11-20(23)12-21)17(22)18-26(24,25)16-9-7-15(8-10-16)19(3)4/h7-10,12-14,23H,5-6,11H2,1-4H3,(H,18,22). The SMILES string of the molecule is CC(C)CCC(CN(O)C=O)C(=O)NS(=O)(=O)c1ccc(N(C)C)cc1. The molecule has 0 radical (unpaired) electrons. The van der Waals surface area contributed by atoms with Crippen LogP contribution >= 0.6 is 0 Å². The van der Waals surface area contributed by atoms with Crippen LogP contribution in [0.4, 0.5) is 5.69 Å². The number of anilines is 1. The van der Waals surface area contributed by atoms with Crippen LogP contribution in [-0.4, -0.2) is 51.6 Å². The van der Waals surface area contributed by atoms with E-state index in [1.165, 1.54) is 12.1 Å². The molecule has 26 heavy (non-hydrogen) atoms. The first-order valence-corrected chi connectivity index (χ1v) is 9.80. The molecule has 0 spiro atoms. The highest BCUT2D eigenvalue weighted by molar-refractivity contribution is 7.90. The lowest BCUT2D eigenvalue weighted by molar-refractivity contribution is -0.154. The van der Waals surface area contributed by atoms with Crippen LogP contribution in [0.2, 0.25) is 0 Å². The smallest absolute Gasteiger partial charge is 0.264 e. The first-order chi connectivity index (χ1) is 12.1. The Morgan fingerprint density at radius 1 is 1.19 bits per heavy atom. The highest BCUT2D eigenvalue weighted by Crippen LogP contribution is 2.18. The van der Waals surface area contributed by atoms with Crippen molar-refractivity contribution >= 4 is 28.0 Å². The number of nitrogens with one attached hydrogen (secondary N) is 1. The van der Waals surface area contributed by atoms with Crippen LogP contribution in [0.3, 0.4) is 0 Å². The molecule has 1 rings (SSSR count). The number of benzene rings is 1. The molecule has 0 saturated heterocycles. The van der Waals surface area contributed by atoms with Gasteiger partial charge in [0, 0.05) is 19.8 Å². The predicted molar refractivity (Wildman–Crippen MR) is 98.2 cm³/mol. The van der Waals surface area contributed by atoms with Crippen molar-refractivity contribution in [1.29, 1.82) is 0 Å². The molecule has 0 fully saturated rings. The van der Waals surface area contributed by atoms with Crippen LogP contribution in [0, 0.1) is 11.8 Å². The lowest BCUT2D eigenvalue weighted by Gasteiger charge is -2.20. The number of hydrogen-bond donors (Lipinski definition) is 2. The van der Waals surface area contributed by atoms with Gasteiger partial charge in [-0.2, -0.15) is 0 Å². The maximum absolute atomic E-state index is 12.4. The van der Waals surface area contributed by atoms with Crippen molar-refractivity contribution in [3.05, 3.63) is 24.3 Å². The molecule has 0 aliphatic heterocycles. The summed E-state index contributed by atoms with van der Waals surface area (Å²) in [5.41, 5.74) is 0.826. The average Bonchev–Trinajstić information content (AvgIpc) is 2.57. The molecule has 0 aliphatic carbocycles. The molecule has 1 aromatic carbocycles. The minimum atomic E-state index is -4.03. The fourth-order valence-electron chi connectivity index (χ4n) is 2.31. The van der Waals surface area contributed by atoms with Crippen LogP contribution in [-0.2, 0) is 19.6 Å². The number of carbonyl (C=O) groups is 2. The zero-order valence-electron chi connectivity index (χ0n) is 15.5. The monoisotopic (exact) mass is 385 g/mol. The van der Waals surface area contributed by atoms with Gasteiger partial charge in [-0.05, 0) is 36.6 Å². The Hall–Kier alpha value is -2.13. The molecule has 1 unspecified atom stereocenters. The summed E-state index contributed by atoms with van der Waals surface area (Å²) in [6.07, 6.45) is 1.19. The number of carbonyl (C=O) groups excluding carboxylic acids is 2. The highest BCUT2D eigenvalue weighted by atomic mass is 32.2. The Kier molecular flexibility index (Phi) is 8.04. The van der Waals surface area contributed by atoms with Crippen LogP contribution in [0.1, 0.15) is 26.7 Å². The third-order valence-electron chi connectivity index (χ3n) is 3.89. The van der Waals surface area contributed by atoms with Crippen LogP contribution in [0.5, 0.6) is 0 Å². The second kappa shape index (κ2) is 9.54. The van der Waals surface area contributed by atoms with Gasteiger partial charge in [0.25, 0.3) is 10.0 Å². The summed E-state index contributed by atoms with van der Waals surface area (Å²) in [7, 11) is -0.371. The molecule has 146 valence electrons. The zero-order valence-corrected chi connectivity index (χ0v) is 16.4. The number of hydroxylamine groups is 2. The van der Waals surface area contributed by atoms with Gasteiger partial charge in [-0.3, -0.25) is 14.8 Å². The maximum Gasteiger partial charge on any atom is 0.264 e. The first kappa shape index (κ1) is 21.9. The topological polar surface area (TPSA) is 107 Å². The first-order valence-electron chi connectivity index (χ1n) is 8.31. The molecule has 0 aliphatic rings. The van der Waals surface area contributed by atoms with Crippen molar-refractivity contribution in [1.82, 2.24) is 9.79 Å². The van der Waals surface area contributed by atoms with E-state index in [2.05, 4.69) is 0 Å². The normalized spacial score (nSPS) is 12.5. The van der Waals surface area contributed by atoms with Gasteiger partial charge in [-0.25, -0.2) is 18.2 Å². The van der Waals surface area contributed by atoms with Crippen LogP contribution < -0.4 is 9.62 Å². The molecule has 2 N–H and O–H groups in total. The fraction of sp³-hybridized carbons (Fsp3) is 0.529. The van der Waals surface area contributed by atoms with Crippen molar-refractivity contribution in [2.75, 3.05) is 25.5 Å². The summed E-state index contributed by atoms with van der Waals surface area (Å²) < 4.78 is 26.9. The largest absolute Gasteiger partial charge is 0.378 e. The van der Waals surface area contributed by atoms with E-state index in [9.17, 15) is 23.2 Å². The van der Waals surface area contributed by atoms with E-state index < -0.39 is 21.8 Å². The zero-order chi connectivity index (χ0) is 19.9. The Labute approximate surface area is 154 Å². The highest BCUT2D eigenvalue weighted by Gasteiger charge is 2.26. The van der Waals surface area contributed by atoms with Crippen molar-refractivity contribution in [2.24, 2.45) is 11.8 Å². The Bertz CT molecular complexity index is 702. The molecule has 9 heteroatoms. The maximum atomic E-state index is 12.4. The van der Waals surface area contributed by atoms with Gasteiger partial charge in [0.05, 0.1) is 17.4 Å². The van der Waals surface area contributed by atoms with E-state index in [-0.39, 0.29) is 17.9 Å². The van der Waals surface area contributed by atoms with E-state index in [1.807, 2.05) is 37.6 Å². The van der Waals surface area contributed by atoms with Gasteiger partial charge in [0.2, 0.25) is 12.3 Å². The minimum absolute atomic E-state index is 0.0321. The molecule has 1 atom stereocenters. The number of sulfonamides is 1. The Morgan fingerprint density at radius 2 is 1.77 bits per heavy atom. The molecule has 0 heterocycles. The molecule has 0 saturated carbocycles. The molecular weight excluding hydrogens is 358 g/mol. The molecule has 8 nitrogen and oxygen atoms in total. The fourth-order valence-corrected chi connectivity index (χ4v) is 3.35. The third kappa shape index (κ3) is 6.64. The number of rotatable bonds is 10. The van der Waals surface area contributed by atoms with Crippen molar-refractivity contribution < 1.29 is 23.2 Å². The molecule has 2 amide bonds. The van der Waals surface area contributed by atoms with E-state index in [0.29, 0.717) is 23.8 Å². The number of hydrogen-bond acceptors (Lipinski definition) is 6. The van der Waals surface area contributed by atoms with E-state index in [0.717, 1.165) is 5.69 Å². The van der Waals surface area contributed by atoms with Crippen LogP contribution in [0.15, 0.2) is 29.2 Å². The summed E-state index contributed by atoms with van der Waals surface area (Å²) in [5.74, 6) is -1.28. The second-order valence-electron chi connectivity index (χ2n) is 6.75. The quantitative estimate of drug-likeness (QED) is 0.359. The van der Waals surface area contributed by atoms with Gasteiger partial charge in [0.15, 0.2) is 0 Å². The lowest BCUT2D eigenvalue weighted by Crippen LogP contribution is -2.40. The Morgan fingerprint density at radius 3 is 2.23 bits per heavy atom. The summed E-state index contributed by atoms with van der Waals surface area (Å²) in [6, 6.07) is 6.10. The molecule has 1 aromatic rings. The van der Waals surface area contributed by atoms with E-state index >= 15 is 0 Å². The third-order valence-corrected chi connectivity index (χ3v) is 5.25. The molecule has 0 aromatic heterocycles. The lowest BCUT2D eigenvalue weighted by atomic mass is 9.97.